The zero-order valence-electron chi connectivity index (χ0n) is 10.9. The Kier molecular flexibility index (Phi) is 3.84. The van der Waals surface area contributed by atoms with Crippen molar-refractivity contribution in [1.82, 2.24) is 9.97 Å². The van der Waals surface area contributed by atoms with Gasteiger partial charge in [-0.2, -0.15) is 0 Å². The van der Waals surface area contributed by atoms with Crippen molar-refractivity contribution < 1.29 is 4.74 Å². The number of anilines is 1. The third kappa shape index (κ3) is 2.91. The van der Waals surface area contributed by atoms with Crippen LogP contribution in [0.25, 0.3) is 0 Å². The van der Waals surface area contributed by atoms with Crippen LogP contribution in [0.15, 0.2) is 41.1 Å². The zero-order valence-corrected chi connectivity index (χ0v) is 12.5. The summed E-state index contributed by atoms with van der Waals surface area (Å²) in [6, 6.07) is 7.82. The van der Waals surface area contributed by atoms with Crippen LogP contribution >= 0.6 is 15.9 Å². The molecular formula is C14H15BrN4O. The number of ether oxygens (including phenoxy) is 1. The van der Waals surface area contributed by atoms with E-state index in [0.29, 0.717) is 5.88 Å². The Morgan fingerprint density at radius 3 is 2.65 bits per heavy atom. The van der Waals surface area contributed by atoms with Crippen LogP contribution in [0.5, 0.6) is 11.6 Å². The molecule has 1 fully saturated rings. The van der Waals surface area contributed by atoms with Gasteiger partial charge >= 0.3 is 0 Å². The van der Waals surface area contributed by atoms with E-state index in [2.05, 4.69) is 30.8 Å². The molecule has 0 radical (unpaired) electrons. The van der Waals surface area contributed by atoms with Crippen molar-refractivity contribution in [3.8, 4) is 11.6 Å². The van der Waals surface area contributed by atoms with Crippen molar-refractivity contribution >= 4 is 21.7 Å². The number of nitrogens with two attached hydrogens (primary N) is 1. The number of hydrogen-bond acceptors (Lipinski definition) is 5. The van der Waals surface area contributed by atoms with E-state index in [4.69, 9.17) is 10.5 Å². The summed E-state index contributed by atoms with van der Waals surface area (Å²) in [5.74, 6) is 2.01. The number of halogens is 1. The highest BCUT2D eigenvalue weighted by atomic mass is 79.9. The maximum Gasteiger partial charge on any atom is 0.263 e. The topological polar surface area (TPSA) is 64.3 Å². The first-order valence-corrected chi connectivity index (χ1v) is 7.26. The van der Waals surface area contributed by atoms with Gasteiger partial charge in [0.2, 0.25) is 0 Å². The molecule has 2 heterocycles. The molecule has 1 atom stereocenters. The Morgan fingerprint density at radius 1 is 1.20 bits per heavy atom. The molecule has 6 heteroatoms. The summed E-state index contributed by atoms with van der Waals surface area (Å²) >= 11 is 3.40. The van der Waals surface area contributed by atoms with Crippen LogP contribution in [0.2, 0.25) is 0 Å². The van der Waals surface area contributed by atoms with Gasteiger partial charge in [-0.3, -0.25) is 0 Å². The fourth-order valence-corrected chi connectivity index (χ4v) is 2.47. The van der Waals surface area contributed by atoms with Crippen molar-refractivity contribution in [2.75, 3.05) is 18.0 Å². The van der Waals surface area contributed by atoms with Crippen molar-refractivity contribution in [1.29, 1.82) is 0 Å². The van der Waals surface area contributed by atoms with Crippen molar-refractivity contribution in [3.05, 3.63) is 41.1 Å². The molecule has 1 aromatic heterocycles. The number of rotatable bonds is 3. The first-order chi connectivity index (χ1) is 9.72. The quantitative estimate of drug-likeness (QED) is 0.934. The summed E-state index contributed by atoms with van der Waals surface area (Å²) in [6.07, 6.45) is 4.27. The number of nitrogens with zero attached hydrogens (tertiary/aromatic N) is 3. The molecule has 104 valence electrons. The van der Waals surface area contributed by atoms with E-state index in [1.807, 2.05) is 24.3 Å². The average molecular weight is 335 g/mol. The van der Waals surface area contributed by atoms with Crippen molar-refractivity contribution in [3.63, 3.8) is 0 Å². The molecule has 20 heavy (non-hydrogen) atoms. The van der Waals surface area contributed by atoms with E-state index in [-0.39, 0.29) is 6.04 Å². The molecule has 2 N–H and O–H groups in total. The molecule has 2 aromatic rings. The third-order valence-corrected chi connectivity index (χ3v) is 3.73. The van der Waals surface area contributed by atoms with Gasteiger partial charge in [0.15, 0.2) is 5.82 Å². The summed E-state index contributed by atoms with van der Waals surface area (Å²) in [5.41, 5.74) is 5.95. The van der Waals surface area contributed by atoms with E-state index in [0.717, 1.165) is 35.6 Å². The van der Waals surface area contributed by atoms with E-state index < -0.39 is 0 Å². The Hall–Kier alpha value is -1.66. The highest BCUT2D eigenvalue weighted by Crippen LogP contribution is 2.30. The van der Waals surface area contributed by atoms with Crippen LogP contribution in [0.1, 0.15) is 6.42 Å². The Balaban J connectivity index is 1.84. The van der Waals surface area contributed by atoms with Crippen LogP contribution in [0.3, 0.4) is 0 Å². The Bertz CT molecular complexity index is 590. The van der Waals surface area contributed by atoms with Gasteiger partial charge in [-0.15, -0.1) is 0 Å². The Labute approximate surface area is 125 Å². The van der Waals surface area contributed by atoms with Crippen molar-refractivity contribution in [2.24, 2.45) is 5.73 Å². The first-order valence-electron chi connectivity index (χ1n) is 6.47. The third-order valence-electron chi connectivity index (χ3n) is 3.20. The molecular weight excluding hydrogens is 320 g/mol. The summed E-state index contributed by atoms with van der Waals surface area (Å²) in [4.78, 5) is 10.8. The lowest BCUT2D eigenvalue weighted by atomic mass is 10.3. The molecule has 1 aromatic carbocycles. The van der Waals surface area contributed by atoms with Gasteiger partial charge in [0.05, 0.1) is 0 Å². The predicted molar refractivity (Wildman–Crippen MR) is 81.1 cm³/mol. The summed E-state index contributed by atoms with van der Waals surface area (Å²) in [6.45, 7) is 1.67. The molecule has 0 bridgehead atoms. The maximum atomic E-state index is 5.95. The molecule has 0 amide bonds. The summed E-state index contributed by atoms with van der Waals surface area (Å²) in [7, 11) is 0. The fourth-order valence-electron chi connectivity index (χ4n) is 2.20. The number of benzene rings is 1. The molecule has 0 saturated carbocycles. The van der Waals surface area contributed by atoms with Gasteiger partial charge in [0.1, 0.15) is 5.75 Å². The lowest BCUT2D eigenvalue weighted by molar-refractivity contribution is 0.459. The maximum absolute atomic E-state index is 5.95. The van der Waals surface area contributed by atoms with E-state index in [1.165, 1.54) is 0 Å². The summed E-state index contributed by atoms with van der Waals surface area (Å²) < 4.78 is 6.84. The van der Waals surface area contributed by atoms with Crippen LogP contribution in [-0.2, 0) is 0 Å². The van der Waals surface area contributed by atoms with Crippen molar-refractivity contribution in [2.45, 2.75) is 12.5 Å². The van der Waals surface area contributed by atoms with Gasteiger partial charge in [-0.05, 0) is 30.7 Å². The minimum absolute atomic E-state index is 0.192. The second kappa shape index (κ2) is 5.76. The van der Waals surface area contributed by atoms with Gasteiger partial charge in [0.25, 0.3) is 5.88 Å². The van der Waals surface area contributed by atoms with Gasteiger partial charge in [-0.1, -0.05) is 15.9 Å². The molecule has 3 rings (SSSR count). The van der Waals surface area contributed by atoms with E-state index >= 15 is 0 Å². The molecule has 1 unspecified atom stereocenters. The molecule has 5 nitrogen and oxygen atoms in total. The SMILES string of the molecule is NC1CCN(c2nccnc2Oc2ccc(Br)cc2)C1. The van der Waals surface area contributed by atoms with Crippen LogP contribution in [0, 0.1) is 0 Å². The predicted octanol–water partition coefficient (Wildman–Crippen LogP) is 2.57. The monoisotopic (exact) mass is 334 g/mol. The average Bonchev–Trinajstić information content (AvgIpc) is 2.88. The highest BCUT2D eigenvalue weighted by molar-refractivity contribution is 9.10. The molecule has 1 saturated heterocycles. The van der Waals surface area contributed by atoms with Gasteiger partial charge in [0, 0.05) is 36.0 Å². The van der Waals surface area contributed by atoms with Crippen LogP contribution in [-0.4, -0.2) is 29.1 Å². The molecule has 0 spiro atoms. The molecule has 0 aliphatic carbocycles. The lowest BCUT2D eigenvalue weighted by Crippen LogP contribution is -2.27. The Morgan fingerprint density at radius 2 is 1.95 bits per heavy atom. The first kappa shape index (κ1) is 13.3. The van der Waals surface area contributed by atoms with Crippen LogP contribution in [0.4, 0.5) is 5.82 Å². The largest absolute Gasteiger partial charge is 0.436 e. The lowest BCUT2D eigenvalue weighted by Gasteiger charge is -2.18. The fraction of sp³-hybridized carbons (Fsp3) is 0.286. The minimum atomic E-state index is 0.192. The van der Waals surface area contributed by atoms with E-state index in [9.17, 15) is 0 Å². The van der Waals surface area contributed by atoms with Gasteiger partial charge in [-0.25, -0.2) is 9.97 Å². The normalized spacial score (nSPS) is 18.3. The number of hydrogen-bond donors (Lipinski definition) is 1. The molecule has 1 aliphatic rings. The zero-order chi connectivity index (χ0) is 13.9. The number of aromatic nitrogens is 2. The summed E-state index contributed by atoms with van der Waals surface area (Å²) in [5, 5.41) is 0. The second-order valence-electron chi connectivity index (χ2n) is 4.74. The standard InChI is InChI=1S/C14H15BrN4O/c15-10-1-3-12(4-2-10)20-14-13(17-6-7-18-14)19-8-5-11(16)9-19/h1-4,6-7,11H,5,8-9,16H2. The molecule has 1 aliphatic heterocycles. The minimum Gasteiger partial charge on any atom is -0.436 e. The second-order valence-corrected chi connectivity index (χ2v) is 5.65. The van der Waals surface area contributed by atoms with E-state index in [1.54, 1.807) is 12.4 Å². The van der Waals surface area contributed by atoms with Gasteiger partial charge < -0.3 is 15.4 Å². The highest BCUT2D eigenvalue weighted by Gasteiger charge is 2.23. The van der Waals surface area contributed by atoms with Crippen LogP contribution < -0.4 is 15.4 Å². The smallest absolute Gasteiger partial charge is 0.263 e.